The van der Waals surface area contributed by atoms with Crippen molar-refractivity contribution in [2.24, 2.45) is 5.92 Å². The first-order valence-electron chi connectivity index (χ1n) is 9.82. The summed E-state index contributed by atoms with van der Waals surface area (Å²) in [5.41, 5.74) is 4.84. The molecular weight excluding hydrogens is 368 g/mol. The maximum atomic E-state index is 12.7. The van der Waals surface area contributed by atoms with Gasteiger partial charge in [0.1, 0.15) is 22.7 Å². The van der Waals surface area contributed by atoms with Crippen LogP contribution in [0.4, 0.5) is 0 Å². The van der Waals surface area contributed by atoms with Gasteiger partial charge in [-0.3, -0.25) is 0 Å². The van der Waals surface area contributed by atoms with E-state index in [0.717, 1.165) is 11.1 Å². The van der Waals surface area contributed by atoms with Crippen LogP contribution in [0, 0.1) is 5.92 Å². The number of fused-ring (bicyclic) bond motifs is 2. The third-order valence-electron chi connectivity index (χ3n) is 4.67. The van der Waals surface area contributed by atoms with Crippen LogP contribution in [0.5, 0.6) is 0 Å². The molecule has 1 atom stereocenters. The van der Waals surface area contributed by atoms with Crippen molar-refractivity contribution in [2.75, 3.05) is 0 Å². The van der Waals surface area contributed by atoms with E-state index in [-0.39, 0.29) is 11.5 Å². The molecule has 0 saturated heterocycles. The lowest BCUT2D eigenvalue weighted by atomic mass is 9.89. The third-order valence-corrected chi connectivity index (χ3v) is 4.67. The van der Waals surface area contributed by atoms with E-state index in [4.69, 9.17) is 9.15 Å². The van der Waals surface area contributed by atoms with Crippen molar-refractivity contribution in [1.82, 2.24) is 0 Å². The highest BCUT2D eigenvalue weighted by atomic mass is 16.6. The van der Waals surface area contributed by atoms with Gasteiger partial charge in [0, 0.05) is 6.42 Å². The van der Waals surface area contributed by atoms with Crippen LogP contribution in [0.25, 0.3) is 6.08 Å². The Balaban J connectivity index is 2.49. The van der Waals surface area contributed by atoms with Gasteiger partial charge in [-0.2, -0.15) is 0 Å². The molecule has 0 spiro atoms. The minimum absolute atomic E-state index is 0.0304. The Morgan fingerprint density at radius 2 is 2.03 bits per heavy atom. The summed E-state index contributed by atoms with van der Waals surface area (Å²) < 4.78 is 11.6. The molecule has 0 aromatic carbocycles. The zero-order chi connectivity index (χ0) is 21.8. The van der Waals surface area contributed by atoms with Crippen molar-refractivity contribution in [3.05, 3.63) is 58.3 Å². The molecule has 0 unspecified atom stereocenters. The molecule has 5 heteroatoms. The van der Waals surface area contributed by atoms with E-state index >= 15 is 0 Å². The predicted molar refractivity (Wildman–Crippen MR) is 113 cm³/mol. The van der Waals surface area contributed by atoms with Crippen LogP contribution in [0.1, 0.15) is 75.8 Å². The standard InChI is InChI=1S/C24H30O5/c1-15(2)18-11-10-17(22(25)26)9-7-8-16(3)12-19-14-20(21(13-18)28-19)23(27)29-24(4,5)6/h7,12,14,18H,1,8,10-11,13H2,2-6H3,(H,25,26)/b16-12-/t9?,18-/m0/s1. The molecule has 2 rings (SSSR count). The van der Waals surface area contributed by atoms with Gasteiger partial charge in [0.05, 0.1) is 5.57 Å². The first-order valence-corrected chi connectivity index (χ1v) is 9.82. The molecule has 0 radical (unpaired) electrons. The molecular formula is C24H30O5. The van der Waals surface area contributed by atoms with Crippen LogP contribution in [0.3, 0.4) is 0 Å². The number of ether oxygens (including phenoxy) is 1. The molecule has 0 fully saturated rings. The van der Waals surface area contributed by atoms with E-state index in [1.165, 1.54) is 0 Å². The fourth-order valence-electron chi connectivity index (χ4n) is 3.12. The summed E-state index contributed by atoms with van der Waals surface area (Å²) in [6.07, 6.45) is 5.51. The molecule has 1 N–H and O–H groups in total. The summed E-state index contributed by atoms with van der Waals surface area (Å²) in [6, 6.07) is 1.72. The quantitative estimate of drug-likeness (QED) is 0.400. The van der Waals surface area contributed by atoms with Crippen LogP contribution < -0.4 is 0 Å². The SMILES string of the molecule is C=C(C)[C@H]1CCC(C(=O)O)=C=CC/C(C)=C\c2cc(C(=O)OC(C)(C)C)c(o2)C1. The van der Waals surface area contributed by atoms with Crippen molar-refractivity contribution in [3.8, 4) is 0 Å². The van der Waals surface area contributed by atoms with Gasteiger partial charge < -0.3 is 14.3 Å². The molecule has 1 aliphatic heterocycles. The molecule has 0 amide bonds. The number of furan rings is 1. The summed E-state index contributed by atoms with van der Waals surface area (Å²) in [4.78, 5) is 24.3. The monoisotopic (exact) mass is 398 g/mol. The minimum Gasteiger partial charge on any atom is -0.477 e. The smallest absolute Gasteiger partial charge is 0.342 e. The maximum Gasteiger partial charge on any atom is 0.342 e. The topological polar surface area (TPSA) is 76.7 Å². The number of carbonyl (C=O) groups is 2. The fourth-order valence-corrected chi connectivity index (χ4v) is 3.12. The molecule has 2 bridgehead atoms. The number of rotatable bonds is 3. The summed E-state index contributed by atoms with van der Waals surface area (Å²) in [7, 11) is 0. The highest BCUT2D eigenvalue weighted by Crippen LogP contribution is 2.29. The average Bonchev–Trinajstić information content (AvgIpc) is 2.96. The second kappa shape index (κ2) is 9.15. The van der Waals surface area contributed by atoms with Crippen molar-refractivity contribution in [2.45, 2.75) is 65.9 Å². The zero-order valence-electron chi connectivity index (χ0n) is 17.9. The van der Waals surface area contributed by atoms with Crippen LogP contribution in [-0.2, 0) is 16.0 Å². The summed E-state index contributed by atoms with van der Waals surface area (Å²) >= 11 is 0. The Morgan fingerprint density at radius 1 is 1.34 bits per heavy atom. The molecule has 5 nitrogen and oxygen atoms in total. The first-order chi connectivity index (χ1) is 13.5. The van der Waals surface area contributed by atoms with E-state index in [1.54, 1.807) is 12.1 Å². The van der Waals surface area contributed by atoms with Gasteiger partial charge in [-0.1, -0.05) is 17.7 Å². The van der Waals surface area contributed by atoms with Crippen LogP contribution in [-0.4, -0.2) is 22.6 Å². The molecule has 156 valence electrons. The van der Waals surface area contributed by atoms with Gasteiger partial charge in [-0.15, -0.1) is 5.73 Å². The number of carbonyl (C=O) groups excluding carboxylic acids is 1. The maximum absolute atomic E-state index is 12.7. The summed E-state index contributed by atoms with van der Waals surface area (Å²) in [5.74, 6) is -0.301. The number of aliphatic carboxylic acids is 1. The van der Waals surface area contributed by atoms with Gasteiger partial charge in [0.15, 0.2) is 0 Å². The van der Waals surface area contributed by atoms with Gasteiger partial charge >= 0.3 is 11.9 Å². The second-order valence-electron chi connectivity index (χ2n) is 8.60. The molecule has 2 heterocycles. The van der Waals surface area contributed by atoms with E-state index in [0.29, 0.717) is 42.8 Å². The molecule has 1 aromatic heterocycles. The van der Waals surface area contributed by atoms with Crippen molar-refractivity contribution >= 4 is 18.0 Å². The zero-order valence-corrected chi connectivity index (χ0v) is 17.9. The lowest BCUT2D eigenvalue weighted by molar-refractivity contribution is -0.132. The number of hydrogen-bond acceptors (Lipinski definition) is 4. The second-order valence-corrected chi connectivity index (χ2v) is 8.60. The Bertz CT molecular complexity index is 898. The van der Waals surface area contributed by atoms with E-state index in [9.17, 15) is 14.7 Å². The number of allylic oxidation sites excluding steroid dienone is 2. The highest BCUT2D eigenvalue weighted by Gasteiger charge is 2.26. The van der Waals surface area contributed by atoms with E-state index in [1.807, 2.05) is 40.7 Å². The molecule has 1 aliphatic rings. The Morgan fingerprint density at radius 3 is 2.62 bits per heavy atom. The summed E-state index contributed by atoms with van der Waals surface area (Å²) in [5, 5.41) is 9.46. The molecule has 1 aromatic rings. The Labute approximate surface area is 172 Å². The molecule has 29 heavy (non-hydrogen) atoms. The number of esters is 1. The summed E-state index contributed by atoms with van der Waals surface area (Å²) in [6.45, 7) is 13.3. The third kappa shape index (κ3) is 6.65. The Kier molecular flexibility index (Phi) is 7.10. The van der Waals surface area contributed by atoms with Gasteiger partial charge in [0.25, 0.3) is 0 Å². The highest BCUT2D eigenvalue weighted by molar-refractivity contribution is 5.91. The van der Waals surface area contributed by atoms with Crippen molar-refractivity contribution in [3.63, 3.8) is 0 Å². The lowest BCUT2D eigenvalue weighted by Gasteiger charge is -2.20. The first kappa shape index (κ1) is 22.5. The lowest BCUT2D eigenvalue weighted by Crippen LogP contribution is -2.24. The number of carboxylic acids is 1. The largest absolute Gasteiger partial charge is 0.477 e. The normalized spacial score (nSPS) is 19.7. The van der Waals surface area contributed by atoms with Crippen LogP contribution in [0.2, 0.25) is 0 Å². The van der Waals surface area contributed by atoms with Gasteiger partial charge in [0.2, 0.25) is 0 Å². The number of hydrogen-bond donors (Lipinski definition) is 1. The average molecular weight is 398 g/mol. The Hall–Kier alpha value is -2.78. The fraction of sp³-hybridized carbons (Fsp3) is 0.458. The van der Waals surface area contributed by atoms with Crippen LogP contribution >= 0.6 is 0 Å². The van der Waals surface area contributed by atoms with Gasteiger partial charge in [-0.05, 0) is 78.0 Å². The van der Waals surface area contributed by atoms with E-state index in [2.05, 4.69) is 12.3 Å². The molecule has 0 aliphatic carbocycles. The predicted octanol–water partition coefficient (Wildman–Crippen LogP) is 5.72. The molecule has 0 saturated carbocycles. The van der Waals surface area contributed by atoms with Gasteiger partial charge in [-0.25, -0.2) is 9.59 Å². The minimum atomic E-state index is -0.965. The number of carboxylic acid groups (broad SMARTS) is 1. The van der Waals surface area contributed by atoms with E-state index < -0.39 is 17.5 Å². The van der Waals surface area contributed by atoms with Crippen molar-refractivity contribution < 1.29 is 23.8 Å². The van der Waals surface area contributed by atoms with Crippen LogP contribution in [0.15, 0.2) is 45.6 Å². The van der Waals surface area contributed by atoms with Crippen molar-refractivity contribution in [1.29, 1.82) is 0 Å².